The molecule has 1 saturated heterocycles. The minimum absolute atomic E-state index is 0.0226. The van der Waals surface area contributed by atoms with Crippen molar-refractivity contribution in [2.75, 3.05) is 12.0 Å². The van der Waals surface area contributed by atoms with Gasteiger partial charge in [-0.25, -0.2) is 9.97 Å². The Kier molecular flexibility index (Phi) is 5.63. The second-order valence-corrected chi connectivity index (χ2v) is 7.43. The summed E-state index contributed by atoms with van der Waals surface area (Å²) in [5.74, 6) is -1.46. The maximum absolute atomic E-state index is 13.0. The zero-order chi connectivity index (χ0) is 22.1. The van der Waals surface area contributed by atoms with Crippen molar-refractivity contribution in [1.29, 1.82) is 0 Å². The molecule has 156 valence electrons. The van der Waals surface area contributed by atoms with E-state index in [1.807, 2.05) is 0 Å². The van der Waals surface area contributed by atoms with Gasteiger partial charge in [0.25, 0.3) is 5.78 Å². The number of Topliss-reactive ketones (excluding diaryl/α,β-unsaturated/α-hetero) is 1. The Morgan fingerprint density at radius 3 is 2.32 bits per heavy atom. The highest BCUT2D eigenvalue weighted by atomic mass is 35.5. The zero-order valence-electron chi connectivity index (χ0n) is 16.1. The quantitative estimate of drug-likeness (QED) is 0.355. The summed E-state index contributed by atoms with van der Waals surface area (Å²) in [7, 11) is 1.52. The van der Waals surface area contributed by atoms with Crippen LogP contribution in [0.4, 0.5) is 5.95 Å². The van der Waals surface area contributed by atoms with Gasteiger partial charge in [-0.3, -0.25) is 14.5 Å². The summed E-state index contributed by atoms with van der Waals surface area (Å²) >= 11 is 12.2. The number of carbonyl (C=O) groups excluding carboxylic acids is 2. The smallest absolute Gasteiger partial charge is 0.302 e. The molecule has 1 fully saturated rings. The van der Waals surface area contributed by atoms with E-state index in [-0.39, 0.29) is 22.3 Å². The molecule has 31 heavy (non-hydrogen) atoms. The van der Waals surface area contributed by atoms with E-state index in [0.717, 1.165) is 4.90 Å². The van der Waals surface area contributed by atoms with E-state index >= 15 is 0 Å². The predicted molar refractivity (Wildman–Crippen MR) is 116 cm³/mol. The first-order valence-electron chi connectivity index (χ1n) is 9.09. The van der Waals surface area contributed by atoms with Crippen LogP contribution in [0.3, 0.4) is 0 Å². The van der Waals surface area contributed by atoms with Crippen LogP contribution in [0.15, 0.2) is 66.5 Å². The van der Waals surface area contributed by atoms with Crippen LogP contribution in [0.5, 0.6) is 5.75 Å². The SMILES string of the molecule is COc1ccc(C(O)=C2C(=O)C(=O)N(c3ncccn3)[C@H]2c2ccc(Cl)c(Cl)c2)cc1. The number of rotatable bonds is 4. The van der Waals surface area contributed by atoms with Crippen molar-refractivity contribution in [2.24, 2.45) is 0 Å². The number of hydrogen-bond acceptors (Lipinski definition) is 6. The molecular formula is C22H15Cl2N3O4. The molecule has 3 aromatic rings. The number of carbonyl (C=O) groups is 2. The standard InChI is InChI=1S/C22H15Cl2N3O4/c1-31-14-6-3-12(4-7-14)19(28)17-18(13-5-8-15(23)16(24)11-13)27(21(30)20(17)29)22-25-9-2-10-26-22/h2-11,18,28H,1H3/t18-/m0/s1. The Hall–Kier alpha value is -3.42. The molecule has 1 atom stereocenters. The number of aromatic nitrogens is 2. The van der Waals surface area contributed by atoms with Gasteiger partial charge < -0.3 is 9.84 Å². The van der Waals surface area contributed by atoms with Crippen molar-refractivity contribution in [3.8, 4) is 5.75 Å². The summed E-state index contributed by atoms with van der Waals surface area (Å²) < 4.78 is 5.13. The maximum atomic E-state index is 13.0. The number of benzene rings is 2. The van der Waals surface area contributed by atoms with Crippen LogP contribution in [0.2, 0.25) is 10.0 Å². The fourth-order valence-corrected chi connectivity index (χ4v) is 3.66. The molecule has 7 nitrogen and oxygen atoms in total. The molecule has 0 aliphatic carbocycles. The van der Waals surface area contributed by atoms with Gasteiger partial charge in [-0.1, -0.05) is 29.3 Å². The number of hydrogen-bond donors (Lipinski definition) is 1. The minimum Gasteiger partial charge on any atom is -0.507 e. The molecule has 0 spiro atoms. The second kappa shape index (κ2) is 8.37. The van der Waals surface area contributed by atoms with Crippen molar-refractivity contribution in [3.05, 3.63) is 87.7 Å². The summed E-state index contributed by atoms with van der Waals surface area (Å²) in [5, 5.41) is 11.6. The molecule has 0 radical (unpaired) electrons. The van der Waals surface area contributed by atoms with Crippen LogP contribution in [0.25, 0.3) is 5.76 Å². The molecular weight excluding hydrogens is 441 g/mol. The van der Waals surface area contributed by atoms with Crippen LogP contribution in [0.1, 0.15) is 17.2 Å². The molecule has 0 bridgehead atoms. The monoisotopic (exact) mass is 455 g/mol. The summed E-state index contributed by atoms with van der Waals surface area (Å²) in [6.07, 6.45) is 2.91. The summed E-state index contributed by atoms with van der Waals surface area (Å²) in [6.45, 7) is 0. The number of aliphatic hydroxyl groups excluding tert-OH is 1. The third-order valence-electron chi connectivity index (χ3n) is 4.83. The molecule has 1 aliphatic heterocycles. The maximum Gasteiger partial charge on any atom is 0.302 e. The topological polar surface area (TPSA) is 92.6 Å². The lowest BCUT2D eigenvalue weighted by Crippen LogP contribution is -2.31. The number of anilines is 1. The van der Waals surface area contributed by atoms with E-state index in [0.29, 0.717) is 21.9 Å². The van der Waals surface area contributed by atoms with Gasteiger partial charge >= 0.3 is 5.91 Å². The van der Waals surface area contributed by atoms with Gasteiger partial charge in [0.1, 0.15) is 11.5 Å². The van der Waals surface area contributed by atoms with Gasteiger partial charge in [0, 0.05) is 18.0 Å². The lowest BCUT2D eigenvalue weighted by atomic mass is 9.95. The lowest BCUT2D eigenvalue weighted by Gasteiger charge is -2.23. The number of methoxy groups -OCH3 is 1. The van der Waals surface area contributed by atoms with Crippen LogP contribution < -0.4 is 9.64 Å². The molecule has 1 amide bonds. The first-order chi connectivity index (χ1) is 14.9. The summed E-state index contributed by atoms with van der Waals surface area (Å²) in [5.41, 5.74) is 0.704. The number of ether oxygens (including phenoxy) is 1. The van der Waals surface area contributed by atoms with Crippen molar-refractivity contribution in [3.63, 3.8) is 0 Å². The van der Waals surface area contributed by atoms with E-state index < -0.39 is 17.7 Å². The third kappa shape index (κ3) is 3.73. The Morgan fingerprint density at radius 1 is 1.03 bits per heavy atom. The van der Waals surface area contributed by atoms with E-state index in [9.17, 15) is 14.7 Å². The normalized spacial score (nSPS) is 17.8. The van der Waals surface area contributed by atoms with Crippen molar-refractivity contribution in [2.45, 2.75) is 6.04 Å². The number of ketones is 1. The summed E-state index contributed by atoms with van der Waals surface area (Å²) in [6, 6.07) is 11.8. The van der Waals surface area contributed by atoms with Crippen molar-refractivity contribution < 1.29 is 19.4 Å². The van der Waals surface area contributed by atoms with Gasteiger partial charge in [0.2, 0.25) is 5.95 Å². The fraction of sp³-hybridized carbons (Fsp3) is 0.0909. The van der Waals surface area contributed by atoms with Crippen molar-refractivity contribution >= 4 is 46.6 Å². The predicted octanol–water partition coefficient (Wildman–Crippen LogP) is 4.42. The van der Waals surface area contributed by atoms with Gasteiger partial charge in [-0.2, -0.15) is 0 Å². The minimum atomic E-state index is -1.00. The van der Waals surface area contributed by atoms with Crippen LogP contribution in [-0.4, -0.2) is 33.9 Å². The Balaban J connectivity index is 1.94. The Bertz CT molecular complexity index is 1200. The second-order valence-electron chi connectivity index (χ2n) is 6.62. The molecule has 0 unspecified atom stereocenters. The van der Waals surface area contributed by atoms with Gasteiger partial charge in [0.15, 0.2) is 0 Å². The zero-order valence-corrected chi connectivity index (χ0v) is 17.6. The number of amides is 1. The summed E-state index contributed by atoms with van der Waals surface area (Å²) in [4.78, 5) is 35.3. The van der Waals surface area contributed by atoms with Crippen molar-refractivity contribution in [1.82, 2.24) is 9.97 Å². The van der Waals surface area contributed by atoms with Crippen LogP contribution >= 0.6 is 23.2 Å². The molecule has 1 aliphatic rings. The average molecular weight is 456 g/mol. The molecule has 9 heteroatoms. The Labute approximate surface area is 187 Å². The molecule has 0 saturated carbocycles. The molecule has 1 N–H and O–H groups in total. The van der Waals surface area contributed by atoms with E-state index in [4.69, 9.17) is 27.9 Å². The molecule has 1 aromatic heterocycles. The fourth-order valence-electron chi connectivity index (χ4n) is 3.36. The highest BCUT2D eigenvalue weighted by molar-refractivity contribution is 6.51. The number of nitrogens with zero attached hydrogens (tertiary/aromatic N) is 3. The number of halogens is 2. The third-order valence-corrected chi connectivity index (χ3v) is 5.57. The van der Waals surface area contributed by atoms with Gasteiger partial charge in [-0.05, 0) is 48.0 Å². The van der Waals surface area contributed by atoms with Crippen LogP contribution in [-0.2, 0) is 9.59 Å². The highest BCUT2D eigenvalue weighted by Crippen LogP contribution is 2.42. The lowest BCUT2D eigenvalue weighted by molar-refractivity contribution is -0.132. The average Bonchev–Trinajstić information content (AvgIpc) is 3.06. The molecule has 2 heterocycles. The van der Waals surface area contributed by atoms with Gasteiger partial charge in [-0.15, -0.1) is 0 Å². The number of aliphatic hydroxyl groups is 1. The van der Waals surface area contributed by atoms with Gasteiger partial charge in [0.05, 0.1) is 28.8 Å². The molecule has 4 rings (SSSR count). The van der Waals surface area contributed by atoms with Crippen LogP contribution in [0, 0.1) is 0 Å². The van der Waals surface area contributed by atoms with E-state index in [2.05, 4.69) is 9.97 Å². The first kappa shape index (κ1) is 20.8. The molecule has 2 aromatic carbocycles. The largest absolute Gasteiger partial charge is 0.507 e. The van der Waals surface area contributed by atoms with E-state index in [1.165, 1.54) is 25.6 Å². The first-order valence-corrected chi connectivity index (χ1v) is 9.85. The highest BCUT2D eigenvalue weighted by Gasteiger charge is 2.48. The van der Waals surface area contributed by atoms with E-state index in [1.54, 1.807) is 42.5 Å². The Morgan fingerprint density at radius 2 is 1.71 bits per heavy atom.